The second kappa shape index (κ2) is 11.3. The second-order valence-electron chi connectivity index (χ2n) is 7.77. The Bertz CT molecular complexity index is 1310. The molecule has 0 aromatic heterocycles. The van der Waals surface area contributed by atoms with Gasteiger partial charge in [0, 0.05) is 11.4 Å². The highest BCUT2D eigenvalue weighted by atomic mass is 79.9. The number of nitriles is 1. The lowest BCUT2D eigenvalue weighted by molar-refractivity contribution is -0.118. The Kier molecular flexibility index (Phi) is 8.23. The monoisotopic (exact) mass is 517 g/mol. The van der Waals surface area contributed by atoms with Crippen LogP contribution in [-0.2, 0) is 9.59 Å². The van der Waals surface area contributed by atoms with Gasteiger partial charge >= 0.3 is 0 Å². The number of nitrogens with zero attached hydrogens (tertiary/aromatic N) is 1. The van der Waals surface area contributed by atoms with Gasteiger partial charge in [0.05, 0.1) is 4.47 Å². The molecule has 7 heteroatoms. The second-order valence-corrected chi connectivity index (χ2v) is 8.62. The molecule has 0 aliphatic rings. The van der Waals surface area contributed by atoms with Gasteiger partial charge in [-0.3, -0.25) is 9.59 Å². The van der Waals surface area contributed by atoms with Crippen LogP contribution in [0.15, 0.2) is 70.7 Å². The zero-order valence-corrected chi connectivity index (χ0v) is 20.7. The van der Waals surface area contributed by atoms with E-state index in [9.17, 15) is 14.9 Å². The molecule has 172 valence electrons. The van der Waals surface area contributed by atoms with Gasteiger partial charge in [-0.05, 0) is 95.4 Å². The van der Waals surface area contributed by atoms with E-state index in [1.54, 1.807) is 24.3 Å². The Balaban J connectivity index is 1.65. The number of amides is 2. The number of halogens is 1. The predicted octanol–water partition coefficient (Wildman–Crippen LogP) is 5.94. The lowest BCUT2D eigenvalue weighted by atomic mass is 10.1. The highest BCUT2D eigenvalue weighted by Gasteiger charge is 2.13. The molecule has 0 saturated heterocycles. The van der Waals surface area contributed by atoms with Gasteiger partial charge in [-0.25, -0.2) is 0 Å². The molecule has 0 aliphatic heterocycles. The molecule has 3 rings (SSSR count). The molecule has 0 spiro atoms. The van der Waals surface area contributed by atoms with Crippen molar-refractivity contribution in [3.05, 3.63) is 93.0 Å². The predicted molar refractivity (Wildman–Crippen MR) is 138 cm³/mol. The fourth-order valence-electron chi connectivity index (χ4n) is 3.18. The fraction of sp³-hybridized carbons (Fsp3) is 0.148. The van der Waals surface area contributed by atoms with Crippen LogP contribution in [0.5, 0.6) is 5.75 Å². The number of ether oxygens (including phenoxy) is 1. The number of anilines is 2. The van der Waals surface area contributed by atoms with Crippen LogP contribution in [0, 0.1) is 32.1 Å². The largest absolute Gasteiger partial charge is 0.483 e. The van der Waals surface area contributed by atoms with E-state index in [-0.39, 0.29) is 18.1 Å². The molecule has 6 nitrogen and oxygen atoms in total. The lowest BCUT2D eigenvalue weighted by Gasteiger charge is -2.11. The first kappa shape index (κ1) is 24.7. The Labute approximate surface area is 207 Å². The molecule has 34 heavy (non-hydrogen) atoms. The van der Waals surface area contributed by atoms with Crippen molar-refractivity contribution in [1.29, 1.82) is 5.26 Å². The third-order valence-corrected chi connectivity index (χ3v) is 5.77. The normalized spacial score (nSPS) is 10.9. The van der Waals surface area contributed by atoms with E-state index in [2.05, 4.69) is 26.6 Å². The summed E-state index contributed by atoms with van der Waals surface area (Å²) in [6.07, 6.45) is 1.50. The zero-order chi connectivity index (χ0) is 24.7. The minimum atomic E-state index is -0.486. The topological polar surface area (TPSA) is 91.2 Å². The highest BCUT2D eigenvalue weighted by Crippen LogP contribution is 2.27. The van der Waals surface area contributed by atoms with Crippen molar-refractivity contribution in [3.8, 4) is 11.8 Å². The summed E-state index contributed by atoms with van der Waals surface area (Å²) in [5, 5.41) is 15.1. The van der Waals surface area contributed by atoms with Crippen LogP contribution in [0.3, 0.4) is 0 Å². The molecule has 0 heterocycles. The van der Waals surface area contributed by atoms with E-state index >= 15 is 0 Å². The van der Waals surface area contributed by atoms with Crippen LogP contribution >= 0.6 is 15.9 Å². The standard InChI is InChI=1S/C27H24BrN3O3/c1-17-6-4-8-22(12-17)30-26(32)16-34-25-11-10-20(14-23(25)28)13-21(15-29)27(33)31-24-9-5-7-18(2)19(24)3/h4-14H,16H2,1-3H3,(H,30,32)(H,31,33)/b21-13+. The molecular formula is C27H24BrN3O3. The number of aryl methyl sites for hydroxylation is 2. The Morgan fingerprint density at radius 3 is 2.50 bits per heavy atom. The maximum Gasteiger partial charge on any atom is 0.266 e. The summed E-state index contributed by atoms with van der Waals surface area (Å²) in [4.78, 5) is 24.8. The Morgan fingerprint density at radius 2 is 1.79 bits per heavy atom. The third-order valence-electron chi connectivity index (χ3n) is 5.15. The molecule has 0 bridgehead atoms. The quantitative estimate of drug-likeness (QED) is 0.299. The van der Waals surface area contributed by atoms with Crippen molar-refractivity contribution in [1.82, 2.24) is 0 Å². The average Bonchev–Trinajstić information content (AvgIpc) is 2.80. The Hall–Kier alpha value is -3.89. The van der Waals surface area contributed by atoms with Gasteiger partial charge in [0.1, 0.15) is 17.4 Å². The minimum Gasteiger partial charge on any atom is -0.483 e. The van der Waals surface area contributed by atoms with Crippen LogP contribution in [0.1, 0.15) is 22.3 Å². The van der Waals surface area contributed by atoms with E-state index in [1.165, 1.54) is 6.08 Å². The van der Waals surface area contributed by atoms with Crippen molar-refractivity contribution in [2.75, 3.05) is 17.2 Å². The minimum absolute atomic E-state index is 0.0287. The molecule has 0 unspecified atom stereocenters. The fourth-order valence-corrected chi connectivity index (χ4v) is 3.69. The van der Waals surface area contributed by atoms with Crippen LogP contribution < -0.4 is 15.4 Å². The molecule has 2 amide bonds. The zero-order valence-electron chi connectivity index (χ0n) is 19.1. The summed E-state index contributed by atoms with van der Waals surface area (Å²) in [5.74, 6) is -0.299. The number of rotatable bonds is 7. The van der Waals surface area contributed by atoms with Gasteiger partial charge in [0.2, 0.25) is 0 Å². The van der Waals surface area contributed by atoms with E-state index in [4.69, 9.17) is 4.74 Å². The number of carbonyl (C=O) groups excluding carboxylic acids is 2. The summed E-state index contributed by atoms with van der Waals surface area (Å²) in [6, 6.07) is 20.2. The Morgan fingerprint density at radius 1 is 1.03 bits per heavy atom. The van der Waals surface area contributed by atoms with Crippen LogP contribution in [0.2, 0.25) is 0 Å². The van der Waals surface area contributed by atoms with Crippen LogP contribution in [0.25, 0.3) is 6.08 Å². The summed E-state index contributed by atoms with van der Waals surface area (Å²) in [5.41, 5.74) is 5.02. The van der Waals surface area contributed by atoms with E-state index in [1.807, 2.05) is 63.2 Å². The van der Waals surface area contributed by atoms with Gasteiger partial charge < -0.3 is 15.4 Å². The summed E-state index contributed by atoms with van der Waals surface area (Å²) in [7, 11) is 0. The first-order valence-electron chi connectivity index (χ1n) is 10.5. The van der Waals surface area contributed by atoms with E-state index in [0.29, 0.717) is 27.2 Å². The molecule has 3 aromatic carbocycles. The summed E-state index contributed by atoms with van der Waals surface area (Å²) in [6.45, 7) is 5.66. The van der Waals surface area contributed by atoms with Gasteiger partial charge in [-0.15, -0.1) is 0 Å². The van der Waals surface area contributed by atoms with Crippen molar-refractivity contribution < 1.29 is 14.3 Å². The molecule has 0 radical (unpaired) electrons. The smallest absolute Gasteiger partial charge is 0.266 e. The van der Waals surface area contributed by atoms with Crippen LogP contribution in [0.4, 0.5) is 11.4 Å². The molecule has 3 aromatic rings. The maximum atomic E-state index is 12.6. The van der Waals surface area contributed by atoms with Gasteiger partial charge in [-0.1, -0.05) is 30.3 Å². The molecule has 0 atom stereocenters. The van der Waals surface area contributed by atoms with Crippen LogP contribution in [-0.4, -0.2) is 18.4 Å². The number of hydrogen-bond donors (Lipinski definition) is 2. The van der Waals surface area contributed by atoms with Crippen molar-refractivity contribution in [3.63, 3.8) is 0 Å². The molecule has 0 aliphatic carbocycles. The SMILES string of the molecule is Cc1cccc(NC(=O)COc2ccc(/C=C(\C#N)C(=O)Nc3cccc(C)c3C)cc2Br)c1. The average molecular weight is 518 g/mol. The van der Waals surface area contributed by atoms with E-state index in [0.717, 1.165) is 16.7 Å². The summed E-state index contributed by atoms with van der Waals surface area (Å²) < 4.78 is 6.21. The lowest BCUT2D eigenvalue weighted by Crippen LogP contribution is -2.20. The van der Waals surface area contributed by atoms with Crippen molar-refractivity contribution >= 4 is 45.2 Å². The van der Waals surface area contributed by atoms with E-state index < -0.39 is 5.91 Å². The number of hydrogen-bond acceptors (Lipinski definition) is 4. The van der Waals surface area contributed by atoms with Gasteiger partial charge in [0.15, 0.2) is 6.61 Å². The number of benzene rings is 3. The molecule has 0 fully saturated rings. The maximum absolute atomic E-state index is 12.6. The van der Waals surface area contributed by atoms with Crippen molar-refractivity contribution in [2.24, 2.45) is 0 Å². The van der Waals surface area contributed by atoms with Gasteiger partial charge in [-0.2, -0.15) is 5.26 Å². The van der Waals surface area contributed by atoms with Crippen molar-refractivity contribution in [2.45, 2.75) is 20.8 Å². The first-order valence-corrected chi connectivity index (χ1v) is 11.3. The molecular weight excluding hydrogens is 494 g/mol. The molecule has 0 saturated carbocycles. The first-order chi connectivity index (χ1) is 16.3. The number of nitrogens with one attached hydrogen (secondary N) is 2. The number of carbonyl (C=O) groups is 2. The molecule has 2 N–H and O–H groups in total. The summed E-state index contributed by atoms with van der Waals surface area (Å²) >= 11 is 3.42. The third kappa shape index (κ3) is 6.56. The van der Waals surface area contributed by atoms with Gasteiger partial charge in [0.25, 0.3) is 11.8 Å². The highest BCUT2D eigenvalue weighted by molar-refractivity contribution is 9.10.